The highest BCUT2D eigenvalue weighted by Gasteiger charge is 2.31. The smallest absolute Gasteiger partial charge is 0.325 e. The van der Waals surface area contributed by atoms with Crippen LogP contribution in [-0.4, -0.2) is 66.7 Å². The van der Waals surface area contributed by atoms with E-state index < -0.39 is 5.54 Å². The normalized spacial score (nSPS) is 26.9. The number of esters is 1. The Labute approximate surface area is 128 Å². The molecule has 2 unspecified atom stereocenters. The standard InChI is InChI=1S/C16H31N3O2/c1-3-21-15(20)16(2,17)8-5-9-18-10-6-12-19-11-4-7-14(19)13-18/h14H,3-13,17H2,1-2H3. The van der Waals surface area contributed by atoms with E-state index in [1.165, 1.54) is 45.4 Å². The molecule has 2 aliphatic heterocycles. The monoisotopic (exact) mass is 297 g/mol. The van der Waals surface area contributed by atoms with Gasteiger partial charge in [-0.2, -0.15) is 0 Å². The number of hydrogen-bond donors (Lipinski definition) is 1. The number of carbonyl (C=O) groups excluding carboxylic acids is 1. The van der Waals surface area contributed by atoms with Gasteiger partial charge in [0.25, 0.3) is 0 Å². The number of rotatable bonds is 6. The number of nitrogens with two attached hydrogens (primary N) is 1. The lowest BCUT2D eigenvalue weighted by molar-refractivity contribution is -0.149. The van der Waals surface area contributed by atoms with Gasteiger partial charge in [-0.15, -0.1) is 0 Å². The highest BCUT2D eigenvalue weighted by molar-refractivity contribution is 5.79. The molecule has 5 nitrogen and oxygen atoms in total. The Morgan fingerprint density at radius 3 is 2.86 bits per heavy atom. The van der Waals surface area contributed by atoms with Crippen molar-refractivity contribution in [3.05, 3.63) is 0 Å². The Hall–Kier alpha value is -0.650. The van der Waals surface area contributed by atoms with Gasteiger partial charge in [0.05, 0.1) is 6.61 Å². The minimum Gasteiger partial charge on any atom is -0.465 e. The van der Waals surface area contributed by atoms with Crippen LogP contribution in [-0.2, 0) is 9.53 Å². The summed E-state index contributed by atoms with van der Waals surface area (Å²) in [5.41, 5.74) is 5.23. The molecule has 0 aromatic rings. The fraction of sp³-hybridized carbons (Fsp3) is 0.938. The topological polar surface area (TPSA) is 58.8 Å². The summed E-state index contributed by atoms with van der Waals surface area (Å²) < 4.78 is 5.04. The van der Waals surface area contributed by atoms with Crippen LogP contribution >= 0.6 is 0 Å². The van der Waals surface area contributed by atoms with Crippen molar-refractivity contribution in [2.75, 3.05) is 39.3 Å². The van der Waals surface area contributed by atoms with E-state index in [1.807, 2.05) is 6.92 Å². The van der Waals surface area contributed by atoms with Gasteiger partial charge in [-0.3, -0.25) is 9.69 Å². The van der Waals surface area contributed by atoms with Gasteiger partial charge in [0.1, 0.15) is 5.54 Å². The number of ether oxygens (including phenoxy) is 1. The number of nitrogens with zero attached hydrogens (tertiary/aromatic N) is 2. The van der Waals surface area contributed by atoms with Gasteiger partial charge >= 0.3 is 5.97 Å². The molecule has 0 amide bonds. The van der Waals surface area contributed by atoms with E-state index in [9.17, 15) is 4.79 Å². The largest absolute Gasteiger partial charge is 0.465 e. The Bertz CT molecular complexity index is 346. The third-order valence-corrected chi connectivity index (χ3v) is 4.80. The van der Waals surface area contributed by atoms with Crippen LogP contribution in [0.2, 0.25) is 0 Å². The summed E-state index contributed by atoms with van der Waals surface area (Å²) in [6, 6.07) is 0.752. The predicted molar refractivity (Wildman–Crippen MR) is 84.1 cm³/mol. The van der Waals surface area contributed by atoms with Gasteiger partial charge < -0.3 is 15.4 Å². The maximum atomic E-state index is 11.8. The van der Waals surface area contributed by atoms with E-state index in [2.05, 4.69) is 9.80 Å². The average molecular weight is 297 g/mol. The molecule has 2 atom stereocenters. The van der Waals surface area contributed by atoms with E-state index in [-0.39, 0.29) is 5.97 Å². The SMILES string of the molecule is CCOC(=O)C(C)(N)CCCN1CCCN2CCCC2C1. The molecule has 0 radical (unpaired) electrons. The van der Waals surface area contributed by atoms with Crippen molar-refractivity contribution in [2.24, 2.45) is 5.73 Å². The maximum Gasteiger partial charge on any atom is 0.325 e. The molecule has 0 spiro atoms. The van der Waals surface area contributed by atoms with Crippen LogP contribution in [0.3, 0.4) is 0 Å². The van der Waals surface area contributed by atoms with Gasteiger partial charge in [-0.1, -0.05) is 0 Å². The van der Waals surface area contributed by atoms with Crippen LogP contribution in [0.5, 0.6) is 0 Å². The number of fused-ring (bicyclic) bond motifs is 1. The Balaban J connectivity index is 1.73. The van der Waals surface area contributed by atoms with E-state index in [4.69, 9.17) is 10.5 Å². The summed E-state index contributed by atoms with van der Waals surface area (Å²) in [6.45, 7) is 9.92. The van der Waals surface area contributed by atoms with Gasteiger partial charge in [0, 0.05) is 12.6 Å². The van der Waals surface area contributed by atoms with Crippen LogP contribution in [0.15, 0.2) is 0 Å². The lowest BCUT2D eigenvalue weighted by Gasteiger charge is -2.27. The third kappa shape index (κ3) is 4.66. The molecule has 0 saturated carbocycles. The third-order valence-electron chi connectivity index (χ3n) is 4.80. The first-order chi connectivity index (χ1) is 10.0. The van der Waals surface area contributed by atoms with Crippen LogP contribution in [0, 0.1) is 0 Å². The molecule has 2 fully saturated rings. The van der Waals surface area contributed by atoms with E-state index in [0.29, 0.717) is 13.0 Å². The summed E-state index contributed by atoms with van der Waals surface area (Å²) in [4.78, 5) is 17.0. The summed E-state index contributed by atoms with van der Waals surface area (Å²) in [5.74, 6) is -0.275. The molecular weight excluding hydrogens is 266 g/mol. The average Bonchev–Trinajstić information content (AvgIpc) is 2.77. The highest BCUT2D eigenvalue weighted by atomic mass is 16.5. The Morgan fingerprint density at radius 1 is 1.33 bits per heavy atom. The van der Waals surface area contributed by atoms with Gasteiger partial charge in [0.15, 0.2) is 0 Å². The molecule has 2 rings (SSSR count). The summed E-state index contributed by atoms with van der Waals surface area (Å²) in [5, 5.41) is 0. The van der Waals surface area contributed by atoms with Crippen molar-refractivity contribution in [2.45, 2.75) is 57.5 Å². The van der Waals surface area contributed by atoms with E-state index in [1.54, 1.807) is 6.92 Å². The minimum atomic E-state index is -0.846. The highest BCUT2D eigenvalue weighted by Crippen LogP contribution is 2.22. The van der Waals surface area contributed by atoms with Crippen LogP contribution < -0.4 is 5.73 Å². The first-order valence-electron chi connectivity index (χ1n) is 8.45. The lowest BCUT2D eigenvalue weighted by atomic mass is 9.97. The molecule has 21 heavy (non-hydrogen) atoms. The molecule has 5 heteroatoms. The number of carbonyl (C=O) groups is 1. The molecule has 2 N–H and O–H groups in total. The molecule has 0 aliphatic carbocycles. The zero-order valence-corrected chi connectivity index (χ0v) is 13.6. The molecule has 2 heterocycles. The van der Waals surface area contributed by atoms with Crippen LogP contribution in [0.1, 0.15) is 46.0 Å². The van der Waals surface area contributed by atoms with Crippen molar-refractivity contribution in [3.63, 3.8) is 0 Å². The predicted octanol–water partition coefficient (Wildman–Crippen LogP) is 1.22. The molecule has 122 valence electrons. The fourth-order valence-corrected chi connectivity index (χ4v) is 3.55. The summed E-state index contributed by atoms with van der Waals surface area (Å²) in [7, 11) is 0. The van der Waals surface area contributed by atoms with Crippen molar-refractivity contribution < 1.29 is 9.53 Å². The maximum absolute atomic E-state index is 11.8. The second kappa shape index (κ2) is 7.56. The van der Waals surface area contributed by atoms with Crippen molar-refractivity contribution >= 4 is 5.97 Å². The summed E-state index contributed by atoms with van der Waals surface area (Å²) >= 11 is 0. The lowest BCUT2D eigenvalue weighted by Crippen LogP contribution is -2.46. The van der Waals surface area contributed by atoms with Gasteiger partial charge in [0.2, 0.25) is 0 Å². The van der Waals surface area contributed by atoms with E-state index >= 15 is 0 Å². The fourth-order valence-electron chi connectivity index (χ4n) is 3.55. The zero-order valence-electron chi connectivity index (χ0n) is 13.6. The first-order valence-corrected chi connectivity index (χ1v) is 8.45. The first kappa shape index (κ1) is 16.7. The van der Waals surface area contributed by atoms with Gasteiger partial charge in [-0.05, 0) is 72.1 Å². The summed E-state index contributed by atoms with van der Waals surface area (Å²) in [6.07, 6.45) is 5.60. The van der Waals surface area contributed by atoms with Gasteiger partial charge in [-0.25, -0.2) is 0 Å². The second-order valence-electron chi connectivity index (χ2n) is 6.73. The molecule has 2 saturated heterocycles. The van der Waals surface area contributed by atoms with Crippen LogP contribution in [0.25, 0.3) is 0 Å². The van der Waals surface area contributed by atoms with Crippen molar-refractivity contribution in [3.8, 4) is 0 Å². The molecule has 0 aromatic carbocycles. The molecule has 0 aromatic heterocycles. The molecule has 0 bridgehead atoms. The molecular formula is C16H31N3O2. The Morgan fingerprint density at radius 2 is 2.10 bits per heavy atom. The zero-order chi connectivity index (χ0) is 15.3. The Kier molecular flexibility index (Phi) is 6.02. The van der Waals surface area contributed by atoms with Crippen molar-refractivity contribution in [1.82, 2.24) is 9.80 Å². The van der Waals surface area contributed by atoms with Crippen LogP contribution in [0.4, 0.5) is 0 Å². The minimum absolute atomic E-state index is 0.275. The second-order valence-corrected chi connectivity index (χ2v) is 6.73. The quantitative estimate of drug-likeness (QED) is 0.747. The van der Waals surface area contributed by atoms with Crippen molar-refractivity contribution in [1.29, 1.82) is 0 Å². The van der Waals surface area contributed by atoms with E-state index in [0.717, 1.165) is 19.0 Å². The number of hydrogen-bond acceptors (Lipinski definition) is 5. The molecule has 2 aliphatic rings.